The highest BCUT2D eigenvalue weighted by molar-refractivity contribution is 5.90. The van der Waals surface area contributed by atoms with E-state index in [1.807, 2.05) is 0 Å². The molecule has 0 radical (unpaired) electrons. The van der Waals surface area contributed by atoms with Gasteiger partial charge in [-0.3, -0.25) is 0 Å². The summed E-state index contributed by atoms with van der Waals surface area (Å²) in [5, 5.41) is 3.26. The molecule has 1 unspecified atom stereocenters. The Morgan fingerprint density at radius 3 is 2.00 bits per heavy atom. The first-order valence-corrected chi connectivity index (χ1v) is 14.9. The standard InChI is InChI=1S/C32H38F2N2O6/c33-32(34)27(41-29(38)23-15-7-2-8-16-23)26(21-39-28(37)22-13-5-1-6-14-22)40-30(32)42-31(35-24-17-9-3-10-18-24)36-25-19-11-4-12-20-25/h1-2,5-8,13-16,24-27,30H,3-4,9-12,17-21H2,(H,35,36)/t26-,27+,30?/m1/s1. The van der Waals surface area contributed by atoms with Gasteiger partial charge in [-0.2, -0.15) is 8.78 Å². The van der Waals surface area contributed by atoms with Gasteiger partial charge in [0.15, 0.2) is 0 Å². The van der Waals surface area contributed by atoms with Gasteiger partial charge < -0.3 is 24.3 Å². The van der Waals surface area contributed by atoms with E-state index in [9.17, 15) is 9.59 Å². The zero-order valence-electron chi connectivity index (χ0n) is 23.6. The van der Waals surface area contributed by atoms with Gasteiger partial charge in [0.1, 0.15) is 12.7 Å². The van der Waals surface area contributed by atoms with Crippen LogP contribution in [0.15, 0.2) is 65.7 Å². The second kappa shape index (κ2) is 14.1. The Bertz CT molecular complexity index is 1200. The topological polar surface area (TPSA) is 95.5 Å². The van der Waals surface area contributed by atoms with Gasteiger partial charge in [0.2, 0.25) is 6.10 Å². The van der Waals surface area contributed by atoms with Crippen LogP contribution < -0.4 is 5.32 Å². The number of esters is 2. The zero-order chi connectivity index (χ0) is 29.4. The van der Waals surface area contributed by atoms with Gasteiger partial charge in [-0.05, 0) is 49.9 Å². The summed E-state index contributed by atoms with van der Waals surface area (Å²) in [4.78, 5) is 30.1. The van der Waals surface area contributed by atoms with Crippen molar-refractivity contribution in [1.29, 1.82) is 0 Å². The van der Waals surface area contributed by atoms with Crippen molar-refractivity contribution in [3.63, 3.8) is 0 Å². The zero-order valence-corrected chi connectivity index (χ0v) is 23.6. The first-order chi connectivity index (χ1) is 20.4. The largest absolute Gasteiger partial charge is 0.459 e. The molecule has 0 amide bonds. The number of halogens is 2. The summed E-state index contributed by atoms with van der Waals surface area (Å²) in [6.07, 6.45) is 4.23. The van der Waals surface area contributed by atoms with Crippen molar-refractivity contribution in [2.45, 2.75) is 101 Å². The summed E-state index contributed by atoms with van der Waals surface area (Å²) in [6, 6.07) is 16.1. The Labute approximate surface area is 244 Å². The molecule has 1 aliphatic heterocycles. The highest BCUT2D eigenvalue weighted by Crippen LogP contribution is 2.40. The molecular weight excluding hydrogens is 546 g/mol. The minimum Gasteiger partial charge on any atom is -0.459 e. The number of amidine groups is 1. The molecule has 0 bridgehead atoms. The number of nitrogens with one attached hydrogen (secondary N) is 1. The molecule has 226 valence electrons. The van der Waals surface area contributed by atoms with E-state index in [0.717, 1.165) is 64.2 Å². The van der Waals surface area contributed by atoms with E-state index in [4.69, 9.17) is 23.9 Å². The van der Waals surface area contributed by atoms with Gasteiger partial charge in [0.25, 0.3) is 12.3 Å². The summed E-state index contributed by atoms with van der Waals surface area (Å²) in [5.74, 6) is -5.42. The lowest BCUT2D eigenvalue weighted by molar-refractivity contribution is -0.193. The molecule has 2 aromatic rings. The highest BCUT2D eigenvalue weighted by Gasteiger charge is 2.63. The molecule has 5 rings (SSSR count). The van der Waals surface area contributed by atoms with E-state index in [-0.39, 0.29) is 29.2 Å². The normalized spacial score (nSPS) is 25.0. The average Bonchev–Trinajstić information content (AvgIpc) is 3.25. The lowest BCUT2D eigenvalue weighted by atomic mass is 9.95. The average molecular weight is 585 g/mol. The number of nitrogens with zero attached hydrogens (tertiary/aromatic N) is 1. The van der Waals surface area contributed by atoms with Crippen LogP contribution >= 0.6 is 0 Å². The van der Waals surface area contributed by atoms with Crippen molar-refractivity contribution in [3.05, 3.63) is 71.8 Å². The molecule has 2 saturated carbocycles. The second-order valence-corrected chi connectivity index (χ2v) is 11.2. The summed E-state index contributed by atoms with van der Waals surface area (Å²) >= 11 is 0. The predicted octanol–water partition coefficient (Wildman–Crippen LogP) is 6.06. The minimum atomic E-state index is -3.77. The van der Waals surface area contributed by atoms with Crippen LogP contribution in [0.1, 0.15) is 84.9 Å². The van der Waals surface area contributed by atoms with Crippen molar-refractivity contribution < 1.29 is 37.3 Å². The number of hydrogen-bond acceptors (Lipinski definition) is 7. The van der Waals surface area contributed by atoms with Crippen molar-refractivity contribution in [3.8, 4) is 0 Å². The van der Waals surface area contributed by atoms with Gasteiger partial charge in [-0.1, -0.05) is 74.9 Å². The molecule has 0 aromatic heterocycles. The maximum atomic E-state index is 16.0. The fourth-order valence-electron chi connectivity index (χ4n) is 5.66. The van der Waals surface area contributed by atoms with Crippen LogP contribution in [0.5, 0.6) is 0 Å². The number of hydrogen-bond donors (Lipinski definition) is 1. The SMILES string of the molecule is O=C(OC[C@H]1OC(OC(=NC2CCCCC2)NC2CCCCC2)C(F)(F)[C@H]1OC(=O)c1ccccc1)c1ccccc1. The minimum absolute atomic E-state index is 0.0218. The van der Waals surface area contributed by atoms with Crippen LogP contribution in [0.2, 0.25) is 0 Å². The summed E-state index contributed by atoms with van der Waals surface area (Å²) in [6.45, 7) is -0.568. The van der Waals surface area contributed by atoms with Crippen molar-refractivity contribution in [2.24, 2.45) is 4.99 Å². The molecule has 0 spiro atoms. The molecule has 2 aromatic carbocycles. The summed E-state index contributed by atoms with van der Waals surface area (Å²) in [7, 11) is 0. The van der Waals surface area contributed by atoms with Crippen LogP contribution in [0.25, 0.3) is 0 Å². The lowest BCUT2D eigenvalue weighted by Gasteiger charge is -2.28. The molecule has 1 saturated heterocycles. The van der Waals surface area contributed by atoms with Crippen LogP contribution in [0.3, 0.4) is 0 Å². The summed E-state index contributed by atoms with van der Waals surface area (Å²) < 4.78 is 54.2. The van der Waals surface area contributed by atoms with Gasteiger partial charge in [-0.25, -0.2) is 14.6 Å². The number of aliphatic imine (C=N–C) groups is 1. The van der Waals surface area contributed by atoms with Gasteiger partial charge in [0.05, 0.1) is 17.2 Å². The number of ether oxygens (including phenoxy) is 4. The summed E-state index contributed by atoms with van der Waals surface area (Å²) in [5.41, 5.74) is 0.364. The van der Waals surface area contributed by atoms with Crippen molar-refractivity contribution in [1.82, 2.24) is 5.32 Å². The van der Waals surface area contributed by atoms with Crippen LogP contribution in [-0.4, -0.2) is 61.1 Å². The van der Waals surface area contributed by atoms with Crippen molar-refractivity contribution in [2.75, 3.05) is 6.61 Å². The number of benzene rings is 2. The fourth-order valence-corrected chi connectivity index (χ4v) is 5.66. The van der Waals surface area contributed by atoms with Crippen LogP contribution in [-0.2, 0) is 18.9 Å². The molecular formula is C32H38F2N2O6. The molecule has 1 N–H and O–H groups in total. The first kappa shape index (κ1) is 29.9. The van der Waals surface area contributed by atoms with E-state index in [2.05, 4.69) is 5.32 Å². The van der Waals surface area contributed by atoms with E-state index in [1.54, 1.807) is 48.5 Å². The molecule has 10 heteroatoms. The van der Waals surface area contributed by atoms with Gasteiger partial charge in [0, 0.05) is 6.04 Å². The van der Waals surface area contributed by atoms with Gasteiger partial charge >= 0.3 is 17.9 Å². The van der Waals surface area contributed by atoms with Crippen LogP contribution in [0.4, 0.5) is 8.78 Å². The molecule has 2 aliphatic carbocycles. The molecule has 3 aliphatic rings. The number of carbonyl (C=O) groups excluding carboxylic acids is 2. The molecule has 8 nitrogen and oxygen atoms in total. The Balaban J connectivity index is 1.35. The lowest BCUT2D eigenvalue weighted by Crippen LogP contribution is -2.47. The van der Waals surface area contributed by atoms with E-state index in [1.165, 1.54) is 12.1 Å². The predicted molar refractivity (Wildman–Crippen MR) is 151 cm³/mol. The smallest absolute Gasteiger partial charge is 0.347 e. The monoisotopic (exact) mass is 584 g/mol. The molecule has 3 atom stereocenters. The number of carbonyl (C=O) groups is 2. The Kier molecular flexibility index (Phi) is 10.0. The number of rotatable bonds is 8. The first-order valence-electron chi connectivity index (χ1n) is 14.9. The fraction of sp³-hybridized carbons (Fsp3) is 0.531. The molecule has 42 heavy (non-hydrogen) atoms. The van der Waals surface area contributed by atoms with Gasteiger partial charge in [-0.15, -0.1) is 0 Å². The van der Waals surface area contributed by atoms with Crippen molar-refractivity contribution >= 4 is 18.0 Å². The quantitative estimate of drug-likeness (QED) is 0.229. The highest BCUT2D eigenvalue weighted by atomic mass is 19.3. The van der Waals surface area contributed by atoms with E-state index < -0.39 is 43.0 Å². The maximum Gasteiger partial charge on any atom is 0.347 e. The Hall–Kier alpha value is -3.53. The second-order valence-electron chi connectivity index (χ2n) is 11.2. The maximum absolute atomic E-state index is 16.0. The Morgan fingerprint density at radius 1 is 0.810 bits per heavy atom. The third kappa shape index (κ3) is 7.65. The third-order valence-corrected chi connectivity index (χ3v) is 7.99. The number of alkyl halides is 2. The van der Waals surface area contributed by atoms with E-state index >= 15 is 8.78 Å². The van der Waals surface area contributed by atoms with Crippen LogP contribution in [0, 0.1) is 0 Å². The Morgan fingerprint density at radius 2 is 1.38 bits per heavy atom. The molecule has 1 heterocycles. The van der Waals surface area contributed by atoms with E-state index in [0.29, 0.717) is 0 Å². The third-order valence-electron chi connectivity index (χ3n) is 7.99. The molecule has 3 fully saturated rings.